The van der Waals surface area contributed by atoms with Gasteiger partial charge in [-0.2, -0.15) is 0 Å². The first-order chi connectivity index (χ1) is 39.2. The number of amides is 10. The lowest BCUT2D eigenvalue weighted by molar-refractivity contribution is -0.157. The van der Waals surface area contributed by atoms with Crippen molar-refractivity contribution in [2.24, 2.45) is 47.3 Å². The summed E-state index contributed by atoms with van der Waals surface area (Å²) in [5, 5.41) is 20.3. The summed E-state index contributed by atoms with van der Waals surface area (Å²) >= 11 is 0. The molecule has 0 radical (unpaired) electrons. The van der Waals surface area contributed by atoms with Crippen LogP contribution in [0.25, 0.3) is 0 Å². The number of rotatable bonds is 15. The van der Waals surface area contributed by atoms with E-state index in [1.54, 1.807) is 54.5 Å². The molecule has 2 unspecified atom stereocenters. The number of likely N-dealkylation sites (N-methyl/N-ethyl adjacent to an activating group) is 7. The smallest absolute Gasteiger partial charge is 0.246 e. The Labute approximate surface area is 509 Å². The van der Waals surface area contributed by atoms with Gasteiger partial charge in [0.25, 0.3) is 0 Å². The lowest BCUT2D eigenvalue weighted by Gasteiger charge is -2.41. The second-order valence-electron chi connectivity index (χ2n) is 26.4. The van der Waals surface area contributed by atoms with Crippen LogP contribution in [0.15, 0.2) is 12.2 Å². The van der Waals surface area contributed by atoms with Gasteiger partial charge in [-0.1, -0.05) is 109 Å². The molecule has 10 amide bonds. The normalized spacial score (nSPS) is 27.0. The number of Topliss-reactive ketones (excluding diaryl/α,β-unsaturated/α-hetero) is 1. The molecule has 0 bridgehead atoms. The average molecular weight is 1200 g/mol. The van der Waals surface area contributed by atoms with Crippen molar-refractivity contribution in [3.05, 3.63) is 12.2 Å². The quantitative estimate of drug-likeness (QED) is 0.167. The van der Waals surface area contributed by atoms with Gasteiger partial charge in [-0.3, -0.25) is 52.7 Å². The van der Waals surface area contributed by atoms with Crippen LogP contribution < -0.4 is 16.0 Å². The van der Waals surface area contributed by atoms with Gasteiger partial charge < -0.3 is 55.4 Å². The van der Waals surface area contributed by atoms with Crippen molar-refractivity contribution in [2.75, 3.05) is 55.9 Å². The third-order valence-electron chi connectivity index (χ3n) is 16.5. The summed E-state index contributed by atoms with van der Waals surface area (Å²) in [6, 6.07) is -10.9. The number of aliphatic hydroxyl groups excluding tert-OH is 1. The van der Waals surface area contributed by atoms with E-state index in [1.165, 1.54) is 87.7 Å². The van der Waals surface area contributed by atoms with Gasteiger partial charge in [-0.25, -0.2) is 0 Å². The maximum Gasteiger partial charge on any atom is 0.246 e. The first kappa shape index (κ1) is 77.1. The fraction of sp³-hybridized carbons (Fsp3) is 0.794. The zero-order valence-electron chi connectivity index (χ0n) is 56.3. The Balaban J connectivity index is 4.32. The molecule has 0 aromatic rings. The number of carbonyl (C=O) groups is 11. The van der Waals surface area contributed by atoms with Crippen LogP contribution in [0.4, 0.5) is 0 Å². The minimum Gasteiger partial charge on any atom is -0.390 e. The average Bonchev–Trinajstić information content (AvgIpc) is 3.62. The Hall–Kier alpha value is -5.93. The number of hydrogen-bond acceptors (Lipinski definition) is 12. The zero-order chi connectivity index (χ0) is 66.0. The zero-order valence-corrected chi connectivity index (χ0v) is 56.3. The minimum atomic E-state index is -1.60. The van der Waals surface area contributed by atoms with E-state index in [1.807, 2.05) is 61.5 Å². The summed E-state index contributed by atoms with van der Waals surface area (Å²) < 4.78 is 0. The molecule has 1 aliphatic rings. The molecule has 0 saturated carbocycles. The molecule has 22 heteroatoms. The van der Waals surface area contributed by atoms with Crippen molar-refractivity contribution >= 4 is 64.9 Å². The van der Waals surface area contributed by atoms with Gasteiger partial charge in [-0.15, -0.1) is 0 Å². The minimum absolute atomic E-state index is 0.0329. The number of hydrogen-bond donors (Lipinski definition) is 4. The van der Waals surface area contributed by atoms with E-state index in [0.29, 0.717) is 6.42 Å². The van der Waals surface area contributed by atoms with Gasteiger partial charge in [0.1, 0.15) is 48.3 Å². The Kier molecular flexibility index (Phi) is 31.8. The summed E-state index contributed by atoms with van der Waals surface area (Å²) in [6.45, 7) is 29.6. The van der Waals surface area contributed by atoms with E-state index in [9.17, 15) is 48.3 Å². The molecule has 1 saturated heterocycles. The number of nitrogens with one attached hydrogen (secondary N) is 3. The van der Waals surface area contributed by atoms with Crippen LogP contribution >= 0.6 is 0 Å². The molecule has 1 fully saturated rings. The van der Waals surface area contributed by atoms with Crippen molar-refractivity contribution in [1.29, 1.82) is 0 Å². The number of allylic oxidation sites excluding steroid dienone is 2. The highest BCUT2D eigenvalue weighted by Crippen LogP contribution is 2.27. The third-order valence-corrected chi connectivity index (χ3v) is 16.5. The molecule has 0 aliphatic carbocycles. The highest BCUT2D eigenvalue weighted by Gasteiger charge is 2.45. The van der Waals surface area contributed by atoms with Crippen LogP contribution in [-0.2, 0) is 52.7 Å². The first-order valence-corrected chi connectivity index (χ1v) is 30.8. The molecule has 1 rings (SSSR count). The van der Waals surface area contributed by atoms with Gasteiger partial charge in [0.05, 0.1) is 18.7 Å². The van der Waals surface area contributed by atoms with Gasteiger partial charge >= 0.3 is 0 Å². The van der Waals surface area contributed by atoms with Gasteiger partial charge in [0, 0.05) is 61.7 Å². The Morgan fingerprint density at radius 1 is 0.482 bits per heavy atom. The number of nitrogens with zero attached hydrogens (tertiary/aromatic N) is 7. The third kappa shape index (κ3) is 21.8. The predicted octanol–water partition coefficient (Wildman–Crippen LogP) is 4.36. The molecule has 1 aliphatic heterocycles. The van der Waals surface area contributed by atoms with E-state index >= 15 is 9.59 Å². The molecule has 1 heterocycles. The molecule has 0 spiro atoms. The van der Waals surface area contributed by atoms with Crippen LogP contribution in [0.1, 0.15) is 163 Å². The van der Waals surface area contributed by atoms with Gasteiger partial charge in [0.2, 0.25) is 59.1 Å². The van der Waals surface area contributed by atoms with Crippen LogP contribution in [0, 0.1) is 47.3 Å². The maximum atomic E-state index is 15.1. The predicted molar refractivity (Wildman–Crippen MR) is 330 cm³/mol. The topological polar surface area (TPSA) is 267 Å². The lowest BCUT2D eigenvalue weighted by Crippen LogP contribution is -2.63. The summed E-state index contributed by atoms with van der Waals surface area (Å²) in [5.41, 5.74) is 0. The van der Waals surface area contributed by atoms with Crippen molar-refractivity contribution in [2.45, 2.75) is 223 Å². The van der Waals surface area contributed by atoms with Crippen LogP contribution in [0.5, 0.6) is 0 Å². The molecule has 4 N–H and O–H groups in total. The standard InChI is InChI=1S/C63H112N10O12/c1-25-27-28-41(15)54(76)53-57(79)66-45(26-2)60(82)67(18)34-51(75)68(19)46(29-35(3)4)50(74)33-44(39(11)12)59(81)69(20)47(30-36(5)6)56(78)64-42(16)55(77)65-43(17)58(80)70(21)48(31-37(7)8)61(83)71(22)49(32-38(9)10)62(84)72(23)52(40(13)14)63(85)73(53)24/h25,27,35-49,52-54,76H,26,28-34H2,1-24H3,(H,64,78)(H,65,77)(H,66,79)/b27-25+/t41-,42+,43-,44+,45+,46+,47?,48+,49+,52?,53+,54-/m1/s1. The van der Waals surface area contributed by atoms with E-state index in [4.69, 9.17) is 0 Å². The van der Waals surface area contributed by atoms with E-state index in [0.717, 1.165) is 9.80 Å². The number of carbonyl (C=O) groups excluding carboxylic acids is 11. The summed E-state index contributed by atoms with van der Waals surface area (Å²) in [4.78, 5) is 169. The highest BCUT2D eigenvalue weighted by molar-refractivity contribution is 5.99. The van der Waals surface area contributed by atoms with Crippen molar-refractivity contribution < 1.29 is 57.8 Å². The Bertz CT molecular complexity index is 2320. The molecule has 486 valence electrons. The second-order valence-corrected chi connectivity index (χ2v) is 26.4. The number of aliphatic hydroxyl groups is 1. The first-order valence-electron chi connectivity index (χ1n) is 30.8. The Morgan fingerprint density at radius 3 is 1.38 bits per heavy atom. The second kappa shape index (κ2) is 35.0. The molecule has 0 aromatic carbocycles. The van der Waals surface area contributed by atoms with Gasteiger partial charge in [-0.05, 0) is 101 Å². The van der Waals surface area contributed by atoms with E-state index in [-0.39, 0.29) is 62.2 Å². The molecular formula is C63H112N10O12. The highest BCUT2D eigenvalue weighted by atomic mass is 16.3. The molecular weight excluding hydrogens is 1090 g/mol. The molecule has 85 heavy (non-hydrogen) atoms. The molecule has 22 nitrogen and oxygen atoms in total. The van der Waals surface area contributed by atoms with E-state index in [2.05, 4.69) is 16.0 Å². The fourth-order valence-corrected chi connectivity index (χ4v) is 11.0. The van der Waals surface area contributed by atoms with Crippen LogP contribution in [0.3, 0.4) is 0 Å². The summed E-state index contributed by atoms with van der Waals surface area (Å²) in [6.07, 6.45) is 2.88. The van der Waals surface area contributed by atoms with Gasteiger partial charge in [0.15, 0.2) is 5.78 Å². The van der Waals surface area contributed by atoms with Crippen molar-refractivity contribution in [3.8, 4) is 0 Å². The monoisotopic (exact) mass is 1200 g/mol. The van der Waals surface area contributed by atoms with Crippen LogP contribution in [0.2, 0.25) is 0 Å². The Morgan fingerprint density at radius 2 is 0.918 bits per heavy atom. The summed E-state index contributed by atoms with van der Waals surface area (Å²) in [7, 11) is 10.0. The largest absolute Gasteiger partial charge is 0.390 e. The van der Waals surface area contributed by atoms with Crippen LogP contribution in [-0.4, -0.2) is 221 Å². The maximum absolute atomic E-state index is 15.1. The molecule has 0 aromatic heterocycles. The van der Waals surface area contributed by atoms with Crippen molar-refractivity contribution in [1.82, 2.24) is 50.2 Å². The fourth-order valence-electron chi connectivity index (χ4n) is 11.0. The van der Waals surface area contributed by atoms with E-state index < -0.39 is 156 Å². The summed E-state index contributed by atoms with van der Waals surface area (Å²) in [5.74, 6) is -9.97. The lowest BCUT2D eigenvalue weighted by atomic mass is 9.85. The van der Waals surface area contributed by atoms with Crippen molar-refractivity contribution in [3.63, 3.8) is 0 Å². The molecule has 12 atom stereocenters. The SMILES string of the molecule is C/C=C/C[C@@H](C)[C@@H](O)[C@H]1C(=O)N[C@@H](CC)C(=O)N(C)CC(=O)N(C)[C@@H](CC(C)C)C(=O)C[C@@H](C(C)C)C(=O)N(C)C(CC(C)C)C(=O)N[C@@H](C)C(=O)N[C@H](C)C(=O)N(C)[C@@H](CC(C)C)C(=O)N(C)[C@@H](CC(C)C)C(=O)N(C)C(C(C)C)C(=O)N1C. The number of ketones is 1.